The first kappa shape index (κ1) is 13.2. The Morgan fingerprint density at radius 2 is 1.80 bits per heavy atom. The van der Waals surface area contributed by atoms with Gasteiger partial charge in [-0.15, -0.1) is 0 Å². The molecular weight excluding hydrogens is 246 g/mol. The van der Waals surface area contributed by atoms with Crippen molar-refractivity contribution in [3.8, 4) is 11.4 Å². The van der Waals surface area contributed by atoms with Gasteiger partial charge in [0.2, 0.25) is 0 Å². The Balaban J connectivity index is 2.11. The second kappa shape index (κ2) is 5.31. The van der Waals surface area contributed by atoms with Crippen molar-refractivity contribution in [3.63, 3.8) is 0 Å². The van der Waals surface area contributed by atoms with Gasteiger partial charge >= 0.3 is 0 Å². The summed E-state index contributed by atoms with van der Waals surface area (Å²) < 4.78 is 2.18. The fourth-order valence-electron chi connectivity index (χ4n) is 3.28. The largest absolute Gasteiger partial charge is 0.384 e. The molecule has 0 atom stereocenters. The van der Waals surface area contributed by atoms with Crippen LogP contribution in [0.15, 0.2) is 30.3 Å². The fourth-order valence-corrected chi connectivity index (χ4v) is 3.28. The van der Waals surface area contributed by atoms with Gasteiger partial charge in [-0.25, -0.2) is 4.98 Å². The van der Waals surface area contributed by atoms with Crippen LogP contribution in [0.1, 0.15) is 57.2 Å². The number of anilines is 1. The van der Waals surface area contributed by atoms with Crippen LogP contribution in [0.5, 0.6) is 0 Å². The molecule has 106 valence electrons. The van der Waals surface area contributed by atoms with Gasteiger partial charge in [-0.1, -0.05) is 43.2 Å². The number of hydrogen-bond acceptors (Lipinski definition) is 2. The predicted octanol–water partition coefficient (Wildman–Crippen LogP) is 4.37. The molecule has 1 aromatic heterocycles. The summed E-state index contributed by atoms with van der Waals surface area (Å²) in [7, 11) is 0. The zero-order valence-electron chi connectivity index (χ0n) is 12.3. The smallest absolute Gasteiger partial charge is 0.142 e. The molecule has 1 heterocycles. The van der Waals surface area contributed by atoms with E-state index in [1.54, 1.807) is 0 Å². The molecule has 0 unspecified atom stereocenters. The van der Waals surface area contributed by atoms with Crippen molar-refractivity contribution in [2.45, 2.75) is 51.5 Å². The minimum Gasteiger partial charge on any atom is -0.384 e. The fraction of sp³-hybridized carbons (Fsp3) is 0.471. The summed E-state index contributed by atoms with van der Waals surface area (Å²) in [6, 6.07) is 10.7. The van der Waals surface area contributed by atoms with E-state index in [0.29, 0.717) is 12.0 Å². The normalized spacial score (nSPS) is 16.1. The summed E-state index contributed by atoms with van der Waals surface area (Å²) in [6.45, 7) is 4.34. The molecule has 1 aliphatic rings. The maximum Gasteiger partial charge on any atom is 0.142 e. The van der Waals surface area contributed by atoms with Gasteiger partial charge in [0, 0.05) is 17.5 Å². The van der Waals surface area contributed by atoms with Crippen LogP contribution in [0.4, 0.5) is 5.82 Å². The number of imidazole rings is 1. The van der Waals surface area contributed by atoms with Crippen molar-refractivity contribution < 1.29 is 0 Å². The lowest BCUT2D eigenvalue weighted by Crippen LogP contribution is -2.08. The Bertz CT molecular complexity index is 578. The first-order chi connectivity index (χ1) is 9.68. The molecule has 3 heteroatoms. The van der Waals surface area contributed by atoms with Crippen LogP contribution in [0.2, 0.25) is 0 Å². The first-order valence-corrected chi connectivity index (χ1v) is 7.61. The van der Waals surface area contributed by atoms with E-state index in [-0.39, 0.29) is 0 Å². The van der Waals surface area contributed by atoms with Gasteiger partial charge in [-0.05, 0) is 26.7 Å². The Kier molecular flexibility index (Phi) is 3.51. The molecule has 2 N–H and O–H groups in total. The molecule has 0 amide bonds. The third-order valence-corrected chi connectivity index (χ3v) is 4.27. The number of nitrogens with two attached hydrogens (primary N) is 1. The highest BCUT2D eigenvalue weighted by molar-refractivity contribution is 5.61. The number of nitrogens with zero attached hydrogens (tertiary/aromatic N) is 2. The van der Waals surface area contributed by atoms with Gasteiger partial charge < -0.3 is 10.3 Å². The minimum atomic E-state index is 0.327. The Morgan fingerprint density at radius 1 is 1.15 bits per heavy atom. The number of hydrogen-bond donors (Lipinski definition) is 1. The monoisotopic (exact) mass is 269 g/mol. The quantitative estimate of drug-likeness (QED) is 0.899. The second-order valence-electron chi connectivity index (χ2n) is 6.02. The number of aromatic nitrogens is 2. The lowest BCUT2D eigenvalue weighted by molar-refractivity contribution is 0.612. The molecule has 20 heavy (non-hydrogen) atoms. The molecular formula is C17H23N3. The van der Waals surface area contributed by atoms with E-state index >= 15 is 0 Å². The molecule has 1 saturated carbocycles. The number of nitrogen functional groups attached to an aromatic ring is 1. The standard InChI is InChI=1S/C17H23N3/c1-12(2)20-16(18)15(13-8-6-7-9-13)19-17(20)14-10-4-3-5-11-14/h3-5,10-13H,6-9,18H2,1-2H3. The van der Waals surface area contributed by atoms with E-state index in [0.717, 1.165) is 22.9 Å². The lowest BCUT2D eigenvalue weighted by atomic mass is 10.0. The lowest BCUT2D eigenvalue weighted by Gasteiger charge is -2.14. The molecule has 2 aromatic rings. The highest BCUT2D eigenvalue weighted by atomic mass is 15.2. The second-order valence-corrected chi connectivity index (χ2v) is 6.02. The maximum atomic E-state index is 6.42. The van der Waals surface area contributed by atoms with E-state index in [2.05, 4.69) is 42.7 Å². The highest BCUT2D eigenvalue weighted by Gasteiger charge is 2.26. The molecule has 3 rings (SSSR count). The Morgan fingerprint density at radius 3 is 2.40 bits per heavy atom. The summed E-state index contributed by atoms with van der Waals surface area (Å²) in [5, 5.41) is 0. The summed E-state index contributed by atoms with van der Waals surface area (Å²) in [5.74, 6) is 2.43. The van der Waals surface area contributed by atoms with Crippen LogP contribution < -0.4 is 5.73 Å². The number of benzene rings is 1. The van der Waals surface area contributed by atoms with E-state index in [4.69, 9.17) is 10.7 Å². The van der Waals surface area contributed by atoms with Gasteiger partial charge in [-0.3, -0.25) is 0 Å². The minimum absolute atomic E-state index is 0.327. The predicted molar refractivity (Wildman–Crippen MR) is 83.7 cm³/mol. The Hall–Kier alpha value is -1.77. The van der Waals surface area contributed by atoms with Gasteiger partial charge in [0.1, 0.15) is 11.6 Å². The Labute approximate surface area is 120 Å². The average Bonchev–Trinajstić information content (AvgIpc) is 3.06. The molecule has 0 radical (unpaired) electrons. The van der Waals surface area contributed by atoms with Crippen LogP contribution in [0.3, 0.4) is 0 Å². The van der Waals surface area contributed by atoms with Crippen LogP contribution in [-0.4, -0.2) is 9.55 Å². The third-order valence-electron chi connectivity index (χ3n) is 4.27. The summed E-state index contributed by atoms with van der Waals surface area (Å²) in [5.41, 5.74) is 8.69. The SMILES string of the molecule is CC(C)n1c(-c2ccccc2)nc(C2CCCC2)c1N. The van der Waals surface area contributed by atoms with Gasteiger partial charge in [-0.2, -0.15) is 0 Å². The zero-order valence-corrected chi connectivity index (χ0v) is 12.3. The topological polar surface area (TPSA) is 43.8 Å². The van der Waals surface area contributed by atoms with E-state index < -0.39 is 0 Å². The molecule has 3 nitrogen and oxygen atoms in total. The first-order valence-electron chi connectivity index (χ1n) is 7.61. The van der Waals surface area contributed by atoms with Crippen molar-refractivity contribution in [1.29, 1.82) is 0 Å². The molecule has 1 aliphatic carbocycles. The summed E-state index contributed by atoms with van der Waals surface area (Å²) >= 11 is 0. The molecule has 1 aromatic carbocycles. The van der Waals surface area contributed by atoms with Crippen molar-refractivity contribution in [2.75, 3.05) is 5.73 Å². The van der Waals surface area contributed by atoms with Crippen LogP contribution >= 0.6 is 0 Å². The van der Waals surface area contributed by atoms with Crippen molar-refractivity contribution >= 4 is 5.82 Å². The van der Waals surface area contributed by atoms with Gasteiger partial charge in [0.25, 0.3) is 0 Å². The molecule has 1 fully saturated rings. The van der Waals surface area contributed by atoms with Crippen LogP contribution in [-0.2, 0) is 0 Å². The van der Waals surface area contributed by atoms with Crippen molar-refractivity contribution in [2.24, 2.45) is 0 Å². The summed E-state index contributed by atoms with van der Waals surface area (Å²) in [6.07, 6.45) is 5.07. The highest BCUT2D eigenvalue weighted by Crippen LogP contribution is 2.39. The summed E-state index contributed by atoms with van der Waals surface area (Å²) in [4.78, 5) is 4.92. The van der Waals surface area contributed by atoms with E-state index in [1.165, 1.54) is 25.7 Å². The van der Waals surface area contributed by atoms with Crippen LogP contribution in [0.25, 0.3) is 11.4 Å². The third kappa shape index (κ3) is 2.21. The number of rotatable bonds is 3. The van der Waals surface area contributed by atoms with Gasteiger partial charge in [0.05, 0.1) is 5.69 Å². The molecule has 0 saturated heterocycles. The van der Waals surface area contributed by atoms with E-state index in [9.17, 15) is 0 Å². The van der Waals surface area contributed by atoms with Gasteiger partial charge in [0.15, 0.2) is 0 Å². The molecule has 0 bridgehead atoms. The molecule has 0 aliphatic heterocycles. The van der Waals surface area contributed by atoms with E-state index in [1.807, 2.05) is 6.07 Å². The average molecular weight is 269 g/mol. The van der Waals surface area contributed by atoms with Crippen molar-refractivity contribution in [1.82, 2.24) is 9.55 Å². The molecule has 0 spiro atoms. The van der Waals surface area contributed by atoms with Crippen LogP contribution in [0, 0.1) is 0 Å². The van der Waals surface area contributed by atoms with Crippen molar-refractivity contribution in [3.05, 3.63) is 36.0 Å². The zero-order chi connectivity index (χ0) is 14.1. The maximum absolute atomic E-state index is 6.42.